The zero-order valence-corrected chi connectivity index (χ0v) is 12.7. The maximum absolute atomic E-state index is 12.6. The van der Waals surface area contributed by atoms with Crippen molar-refractivity contribution in [3.8, 4) is 11.5 Å². The Kier molecular flexibility index (Phi) is 4.25. The molecule has 128 valence electrons. The van der Waals surface area contributed by atoms with Crippen LogP contribution in [-0.2, 0) is 9.59 Å². The summed E-state index contributed by atoms with van der Waals surface area (Å²) in [6, 6.07) is 9.32. The van der Waals surface area contributed by atoms with Crippen LogP contribution in [0, 0.1) is 0 Å². The molecule has 1 aromatic heterocycles. The Morgan fingerprint density at radius 3 is 2.32 bits per heavy atom. The minimum atomic E-state index is -1.25. The van der Waals surface area contributed by atoms with Crippen molar-refractivity contribution < 1.29 is 33.7 Å². The largest absolute Gasteiger partial charge is 0.479 e. The number of rotatable bonds is 6. The highest BCUT2D eigenvalue weighted by atomic mass is 16.5. The van der Waals surface area contributed by atoms with Gasteiger partial charge in [0.25, 0.3) is 0 Å². The second kappa shape index (κ2) is 6.52. The van der Waals surface area contributed by atoms with Gasteiger partial charge in [0, 0.05) is 0 Å². The first-order valence-electron chi connectivity index (χ1n) is 7.15. The molecule has 3 rings (SSSR count). The standard InChI is InChI=1S/C17H12O8/c18-13(19)7-23-12-6-5-10-15(22)9-3-1-2-4-11(9)25-16(10)17(12)24-8-14(20)21/h1-6H,7-8H2,(H,18,19)(H,20,21). The fraction of sp³-hybridized carbons (Fsp3) is 0.118. The Balaban J connectivity index is 2.24. The van der Waals surface area contributed by atoms with Crippen molar-refractivity contribution >= 4 is 33.9 Å². The molecule has 0 aliphatic heterocycles. The lowest BCUT2D eigenvalue weighted by Crippen LogP contribution is -2.14. The van der Waals surface area contributed by atoms with E-state index < -0.39 is 25.2 Å². The highest BCUT2D eigenvalue weighted by Gasteiger charge is 2.18. The molecule has 0 amide bonds. The number of carboxylic acid groups (broad SMARTS) is 2. The van der Waals surface area contributed by atoms with Gasteiger partial charge < -0.3 is 24.1 Å². The Morgan fingerprint density at radius 2 is 1.60 bits per heavy atom. The Bertz CT molecular complexity index is 1030. The minimum absolute atomic E-state index is 0.00663. The Morgan fingerprint density at radius 1 is 0.920 bits per heavy atom. The van der Waals surface area contributed by atoms with Gasteiger partial charge >= 0.3 is 11.9 Å². The number of hydrogen-bond donors (Lipinski definition) is 2. The molecule has 0 bridgehead atoms. The maximum Gasteiger partial charge on any atom is 0.341 e. The third kappa shape index (κ3) is 3.23. The van der Waals surface area contributed by atoms with Gasteiger partial charge in [0.2, 0.25) is 11.2 Å². The smallest absolute Gasteiger partial charge is 0.341 e. The summed E-state index contributed by atoms with van der Waals surface area (Å²) in [4.78, 5) is 34.1. The topological polar surface area (TPSA) is 123 Å². The Labute approximate surface area is 139 Å². The molecule has 0 aliphatic rings. The number of para-hydroxylation sites is 1. The van der Waals surface area contributed by atoms with Crippen LogP contribution in [0.15, 0.2) is 45.6 Å². The van der Waals surface area contributed by atoms with Crippen LogP contribution < -0.4 is 14.9 Å². The van der Waals surface area contributed by atoms with Crippen molar-refractivity contribution in [3.05, 3.63) is 46.6 Å². The molecule has 2 aromatic carbocycles. The molecule has 8 heteroatoms. The van der Waals surface area contributed by atoms with Gasteiger partial charge in [-0.15, -0.1) is 0 Å². The molecule has 0 saturated carbocycles. The molecule has 0 saturated heterocycles. The van der Waals surface area contributed by atoms with Gasteiger partial charge in [-0.3, -0.25) is 4.79 Å². The predicted octanol–water partition coefficient (Wildman–Crippen LogP) is 1.87. The maximum atomic E-state index is 12.6. The van der Waals surface area contributed by atoms with E-state index in [4.69, 9.17) is 24.1 Å². The van der Waals surface area contributed by atoms with E-state index in [1.54, 1.807) is 24.3 Å². The average Bonchev–Trinajstić information content (AvgIpc) is 2.58. The third-order valence-electron chi connectivity index (χ3n) is 3.36. The predicted molar refractivity (Wildman–Crippen MR) is 86.3 cm³/mol. The molecule has 3 aromatic rings. The van der Waals surface area contributed by atoms with E-state index in [0.29, 0.717) is 5.39 Å². The first kappa shape index (κ1) is 16.3. The van der Waals surface area contributed by atoms with E-state index in [0.717, 1.165) is 0 Å². The zero-order valence-electron chi connectivity index (χ0n) is 12.7. The molecule has 0 unspecified atom stereocenters. The number of carbonyl (C=O) groups is 2. The first-order chi connectivity index (χ1) is 12.0. The van der Waals surface area contributed by atoms with Crippen molar-refractivity contribution in [1.82, 2.24) is 0 Å². The van der Waals surface area contributed by atoms with Gasteiger partial charge in [-0.25, -0.2) is 9.59 Å². The second-order valence-electron chi connectivity index (χ2n) is 5.06. The van der Waals surface area contributed by atoms with Crippen LogP contribution in [0.3, 0.4) is 0 Å². The zero-order chi connectivity index (χ0) is 18.0. The van der Waals surface area contributed by atoms with E-state index in [1.807, 2.05) is 0 Å². The van der Waals surface area contributed by atoms with Gasteiger partial charge in [-0.1, -0.05) is 12.1 Å². The molecule has 1 heterocycles. The molecule has 0 radical (unpaired) electrons. The van der Waals surface area contributed by atoms with E-state index in [-0.39, 0.29) is 33.5 Å². The summed E-state index contributed by atoms with van der Waals surface area (Å²) in [5.41, 5.74) is -0.0368. The normalized spacial score (nSPS) is 10.7. The minimum Gasteiger partial charge on any atom is -0.479 e. The Hall–Kier alpha value is -3.55. The number of carboxylic acids is 2. The number of fused-ring (bicyclic) bond motifs is 2. The van der Waals surface area contributed by atoms with E-state index >= 15 is 0 Å². The molecule has 8 nitrogen and oxygen atoms in total. The van der Waals surface area contributed by atoms with Crippen LogP contribution in [0.5, 0.6) is 11.5 Å². The molecular weight excluding hydrogens is 332 g/mol. The quantitative estimate of drug-likeness (QED) is 0.650. The van der Waals surface area contributed by atoms with Crippen LogP contribution in [0.1, 0.15) is 0 Å². The highest BCUT2D eigenvalue weighted by Crippen LogP contribution is 2.36. The van der Waals surface area contributed by atoms with Gasteiger partial charge in [-0.2, -0.15) is 0 Å². The molecule has 2 N–H and O–H groups in total. The number of aliphatic carboxylic acids is 2. The summed E-state index contributed by atoms with van der Waals surface area (Å²) in [6.07, 6.45) is 0. The summed E-state index contributed by atoms with van der Waals surface area (Å²) < 4.78 is 16.0. The summed E-state index contributed by atoms with van der Waals surface area (Å²) in [5.74, 6) is -2.63. The van der Waals surface area contributed by atoms with Crippen molar-refractivity contribution in [2.24, 2.45) is 0 Å². The molecule has 0 spiro atoms. The van der Waals surface area contributed by atoms with Crippen molar-refractivity contribution in [3.63, 3.8) is 0 Å². The van der Waals surface area contributed by atoms with Crippen LogP contribution in [0.4, 0.5) is 0 Å². The fourth-order valence-corrected chi connectivity index (χ4v) is 2.35. The van der Waals surface area contributed by atoms with E-state index in [9.17, 15) is 14.4 Å². The third-order valence-corrected chi connectivity index (χ3v) is 3.36. The fourth-order valence-electron chi connectivity index (χ4n) is 2.35. The highest BCUT2D eigenvalue weighted by molar-refractivity contribution is 5.94. The van der Waals surface area contributed by atoms with Gasteiger partial charge in [0.05, 0.1) is 10.8 Å². The summed E-state index contributed by atoms with van der Waals surface area (Å²) in [7, 11) is 0. The monoisotopic (exact) mass is 344 g/mol. The molecule has 0 aliphatic carbocycles. The van der Waals surface area contributed by atoms with Gasteiger partial charge in [-0.05, 0) is 24.3 Å². The summed E-state index contributed by atoms with van der Waals surface area (Å²) in [6.45, 7) is -1.37. The van der Waals surface area contributed by atoms with Crippen LogP contribution >= 0.6 is 0 Å². The summed E-state index contributed by atoms with van der Waals surface area (Å²) >= 11 is 0. The first-order valence-corrected chi connectivity index (χ1v) is 7.15. The molecular formula is C17H12O8. The molecule has 25 heavy (non-hydrogen) atoms. The summed E-state index contributed by atoms with van der Waals surface area (Å²) in [5, 5.41) is 18.1. The number of ether oxygens (including phenoxy) is 2. The van der Waals surface area contributed by atoms with E-state index in [2.05, 4.69) is 0 Å². The van der Waals surface area contributed by atoms with Crippen LogP contribution in [0.2, 0.25) is 0 Å². The average molecular weight is 344 g/mol. The lowest BCUT2D eigenvalue weighted by molar-refractivity contribution is -0.140. The van der Waals surface area contributed by atoms with Crippen molar-refractivity contribution in [2.45, 2.75) is 0 Å². The SMILES string of the molecule is O=C(O)COc1ccc2c(=O)c3ccccc3oc2c1OCC(=O)O. The molecule has 0 atom stereocenters. The second-order valence-corrected chi connectivity index (χ2v) is 5.06. The number of hydrogen-bond acceptors (Lipinski definition) is 6. The van der Waals surface area contributed by atoms with Crippen LogP contribution in [-0.4, -0.2) is 35.4 Å². The van der Waals surface area contributed by atoms with Gasteiger partial charge in [0.15, 0.2) is 24.5 Å². The van der Waals surface area contributed by atoms with Crippen LogP contribution in [0.25, 0.3) is 21.9 Å². The molecule has 0 fully saturated rings. The lowest BCUT2D eigenvalue weighted by Gasteiger charge is -2.12. The lowest BCUT2D eigenvalue weighted by atomic mass is 10.1. The van der Waals surface area contributed by atoms with Crippen molar-refractivity contribution in [1.29, 1.82) is 0 Å². The van der Waals surface area contributed by atoms with E-state index in [1.165, 1.54) is 12.1 Å². The van der Waals surface area contributed by atoms with Gasteiger partial charge in [0.1, 0.15) is 5.58 Å². The number of benzene rings is 2. The van der Waals surface area contributed by atoms with Crippen molar-refractivity contribution in [2.75, 3.05) is 13.2 Å².